The van der Waals surface area contributed by atoms with Crippen LogP contribution in [-0.2, 0) is 18.9 Å². The number of benzene rings is 3. The van der Waals surface area contributed by atoms with Crippen LogP contribution in [0.3, 0.4) is 0 Å². The minimum atomic E-state index is 0.416. The second-order valence-corrected chi connectivity index (χ2v) is 7.11. The van der Waals surface area contributed by atoms with Gasteiger partial charge in [0.2, 0.25) is 0 Å². The summed E-state index contributed by atoms with van der Waals surface area (Å²) in [6, 6.07) is 24.7. The van der Waals surface area contributed by atoms with Crippen molar-refractivity contribution < 1.29 is 4.74 Å². The highest BCUT2D eigenvalue weighted by Gasteiger charge is 2.12. The summed E-state index contributed by atoms with van der Waals surface area (Å²) in [6.45, 7) is 3.34. The summed E-state index contributed by atoms with van der Waals surface area (Å²) in [6.07, 6.45) is 0. The molecule has 27 heavy (non-hydrogen) atoms. The molecule has 0 aliphatic heterocycles. The van der Waals surface area contributed by atoms with Gasteiger partial charge in [0.05, 0.1) is 0 Å². The number of rotatable bonds is 7. The zero-order valence-electron chi connectivity index (χ0n) is 15.2. The van der Waals surface area contributed by atoms with Gasteiger partial charge in [-0.05, 0) is 35.4 Å². The summed E-state index contributed by atoms with van der Waals surface area (Å²) >= 11 is 1.72. The van der Waals surface area contributed by atoms with Crippen LogP contribution in [0, 0.1) is 0 Å². The molecular formula is C22H21N3OS. The van der Waals surface area contributed by atoms with Crippen molar-refractivity contribution in [2.45, 2.75) is 31.0 Å². The highest BCUT2D eigenvalue weighted by molar-refractivity contribution is 7.98. The lowest BCUT2D eigenvalue weighted by Crippen LogP contribution is -2.07. The smallest absolute Gasteiger partial charge is 0.191 e. The molecule has 4 aromatic rings. The summed E-state index contributed by atoms with van der Waals surface area (Å²) < 4.78 is 7.96. The van der Waals surface area contributed by atoms with Crippen LogP contribution in [0.25, 0.3) is 10.8 Å². The largest absolute Gasteiger partial charge is 0.486 e. The molecule has 0 aliphatic carbocycles. The summed E-state index contributed by atoms with van der Waals surface area (Å²) in [5.74, 6) is 2.55. The van der Waals surface area contributed by atoms with Gasteiger partial charge in [-0.3, -0.25) is 0 Å². The standard InChI is InChI=1S/C22H21N3OS/c1-2-25-21(15-26-19-12-4-3-5-13-19)23-24-22(25)27-16-18-11-8-10-17-9-6-7-14-20(17)18/h3-14H,2,15-16H2,1H3. The Hall–Kier alpha value is -2.79. The number of thioether (sulfide) groups is 1. The van der Waals surface area contributed by atoms with Gasteiger partial charge in [-0.25, -0.2) is 0 Å². The molecular weight excluding hydrogens is 354 g/mol. The third-order valence-electron chi connectivity index (χ3n) is 4.46. The molecule has 136 valence electrons. The van der Waals surface area contributed by atoms with E-state index in [4.69, 9.17) is 4.74 Å². The lowest BCUT2D eigenvalue weighted by Gasteiger charge is -2.09. The average Bonchev–Trinajstić information content (AvgIpc) is 3.13. The third-order valence-corrected chi connectivity index (χ3v) is 5.47. The molecule has 4 nitrogen and oxygen atoms in total. The van der Waals surface area contributed by atoms with Crippen molar-refractivity contribution >= 4 is 22.5 Å². The minimum Gasteiger partial charge on any atom is -0.486 e. The van der Waals surface area contributed by atoms with E-state index in [-0.39, 0.29) is 0 Å². The molecule has 1 heterocycles. The molecule has 0 radical (unpaired) electrons. The maximum Gasteiger partial charge on any atom is 0.191 e. The number of hydrogen-bond donors (Lipinski definition) is 0. The molecule has 0 N–H and O–H groups in total. The molecule has 0 saturated carbocycles. The van der Waals surface area contributed by atoms with Crippen molar-refractivity contribution in [3.8, 4) is 5.75 Å². The van der Waals surface area contributed by atoms with Gasteiger partial charge in [0.25, 0.3) is 0 Å². The number of hydrogen-bond acceptors (Lipinski definition) is 4. The predicted octanol–water partition coefficient (Wildman–Crippen LogP) is 5.32. The van der Waals surface area contributed by atoms with E-state index in [0.29, 0.717) is 6.61 Å². The molecule has 0 fully saturated rings. The van der Waals surface area contributed by atoms with Crippen LogP contribution < -0.4 is 4.74 Å². The quantitative estimate of drug-likeness (QED) is 0.410. The van der Waals surface area contributed by atoms with E-state index in [1.807, 2.05) is 30.3 Å². The number of fused-ring (bicyclic) bond motifs is 1. The van der Waals surface area contributed by atoms with Gasteiger partial charge in [0.15, 0.2) is 11.0 Å². The number of ether oxygens (including phenoxy) is 1. The zero-order chi connectivity index (χ0) is 18.5. The topological polar surface area (TPSA) is 39.9 Å². The van der Waals surface area contributed by atoms with Gasteiger partial charge in [0, 0.05) is 12.3 Å². The van der Waals surface area contributed by atoms with Gasteiger partial charge >= 0.3 is 0 Å². The number of para-hydroxylation sites is 1. The first-order valence-electron chi connectivity index (χ1n) is 9.04. The van der Waals surface area contributed by atoms with Crippen LogP contribution in [0.5, 0.6) is 5.75 Å². The third kappa shape index (κ3) is 3.98. The fraction of sp³-hybridized carbons (Fsp3) is 0.182. The molecule has 1 aromatic heterocycles. The maximum absolute atomic E-state index is 5.84. The SMILES string of the molecule is CCn1c(COc2ccccc2)nnc1SCc1cccc2ccccc12. The highest BCUT2D eigenvalue weighted by atomic mass is 32.2. The van der Waals surface area contributed by atoms with Crippen molar-refractivity contribution in [3.05, 3.63) is 84.2 Å². The fourth-order valence-corrected chi connectivity index (χ4v) is 4.10. The fourth-order valence-electron chi connectivity index (χ4n) is 3.08. The van der Waals surface area contributed by atoms with Crippen molar-refractivity contribution in [2.24, 2.45) is 0 Å². The number of nitrogens with zero attached hydrogens (tertiary/aromatic N) is 3. The Bertz CT molecular complexity index is 1020. The highest BCUT2D eigenvalue weighted by Crippen LogP contribution is 2.27. The molecule has 0 atom stereocenters. The van der Waals surface area contributed by atoms with Crippen LogP contribution in [0.1, 0.15) is 18.3 Å². The zero-order valence-corrected chi connectivity index (χ0v) is 16.0. The lowest BCUT2D eigenvalue weighted by molar-refractivity contribution is 0.288. The minimum absolute atomic E-state index is 0.416. The summed E-state index contributed by atoms with van der Waals surface area (Å²) in [5.41, 5.74) is 1.31. The van der Waals surface area contributed by atoms with Gasteiger partial charge in [-0.15, -0.1) is 10.2 Å². The molecule has 0 spiro atoms. The van der Waals surface area contributed by atoms with Crippen molar-refractivity contribution in [1.29, 1.82) is 0 Å². The lowest BCUT2D eigenvalue weighted by atomic mass is 10.1. The summed E-state index contributed by atoms with van der Waals surface area (Å²) in [5, 5.41) is 12.2. The Morgan fingerprint density at radius 1 is 0.889 bits per heavy atom. The van der Waals surface area contributed by atoms with E-state index in [1.54, 1.807) is 11.8 Å². The molecule has 0 bridgehead atoms. The van der Waals surface area contributed by atoms with Gasteiger partial charge in [-0.1, -0.05) is 72.4 Å². The van der Waals surface area contributed by atoms with E-state index in [0.717, 1.165) is 29.0 Å². The summed E-state index contributed by atoms with van der Waals surface area (Å²) in [7, 11) is 0. The van der Waals surface area contributed by atoms with E-state index in [1.165, 1.54) is 16.3 Å². The Morgan fingerprint density at radius 3 is 2.52 bits per heavy atom. The van der Waals surface area contributed by atoms with Gasteiger partial charge < -0.3 is 9.30 Å². The molecule has 0 saturated heterocycles. The first-order valence-corrected chi connectivity index (χ1v) is 10.0. The Labute approximate surface area is 163 Å². The molecule has 4 rings (SSSR count). The van der Waals surface area contributed by atoms with Gasteiger partial charge in [-0.2, -0.15) is 0 Å². The Kier molecular flexibility index (Phi) is 5.39. The Morgan fingerprint density at radius 2 is 1.67 bits per heavy atom. The van der Waals surface area contributed by atoms with Gasteiger partial charge in [0.1, 0.15) is 12.4 Å². The molecule has 0 aliphatic rings. The van der Waals surface area contributed by atoms with Crippen molar-refractivity contribution in [3.63, 3.8) is 0 Å². The van der Waals surface area contributed by atoms with Crippen LogP contribution in [0.4, 0.5) is 0 Å². The van der Waals surface area contributed by atoms with E-state index < -0.39 is 0 Å². The molecule has 3 aromatic carbocycles. The molecule has 0 amide bonds. The average molecular weight is 375 g/mol. The number of aromatic nitrogens is 3. The Balaban J connectivity index is 1.48. The van der Waals surface area contributed by atoms with Crippen molar-refractivity contribution in [1.82, 2.24) is 14.8 Å². The molecule has 0 unspecified atom stereocenters. The monoisotopic (exact) mass is 375 g/mol. The summed E-state index contributed by atoms with van der Waals surface area (Å²) in [4.78, 5) is 0. The normalized spacial score (nSPS) is 11.0. The van der Waals surface area contributed by atoms with E-state index in [2.05, 4.69) is 64.2 Å². The van der Waals surface area contributed by atoms with Crippen LogP contribution in [-0.4, -0.2) is 14.8 Å². The van der Waals surface area contributed by atoms with Crippen LogP contribution >= 0.6 is 11.8 Å². The molecule has 5 heteroatoms. The van der Waals surface area contributed by atoms with E-state index in [9.17, 15) is 0 Å². The maximum atomic E-state index is 5.84. The second kappa shape index (κ2) is 8.27. The first kappa shape index (κ1) is 17.6. The van der Waals surface area contributed by atoms with Crippen LogP contribution in [0.2, 0.25) is 0 Å². The van der Waals surface area contributed by atoms with Crippen molar-refractivity contribution in [2.75, 3.05) is 0 Å². The van der Waals surface area contributed by atoms with Crippen LogP contribution in [0.15, 0.2) is 78.0 Å². The second-order valence-electron chi connectivity index (χ2n) is 6.17. The van der Waals surface area contributed by atoms with E-state index >= 15 is 0 Å². The predicted molar refractivity (Wildman–Crippen MR) is 110 cm³/mol. The first-order chi connectivity index (χ1) is 13.3.